The number of piperidine rings is 1. The maximum absolute atomic E-state index is 12.0. The van der Waals surface area contributed by atoms with Crippen molar-refractivity contribution in [3.05, 3.63) is 0 Å². The van der Waals surface area contributed by atoms with E-state index in [-0.39, 0.29) is 5.92 Å². The van der Waals surface area contributed by atoms with Crippen LogP contribution in [0.2, 0.25) is 0 Å². The van der Waals surface area contributed by atoms with E-state index in [0.29, 0.717) is 25.6 Å². The van der Waals surface area contributed by atoms with Gasteiger partial charge in [-0.25, -0.2) is 0 Å². The highest BCUT2D eigenvalue weighted by molar-refractivity contribution is 5.76. The molecule has 1 amide bonds. The zero-order valence-corrected chi connectivity index (χ0v) is 9.26. The van der Waals surface area contributed by atoms with Gasteiger partial charge in [0.25, 0.3) is 0 Å². The van der Waals surface area contributed by atoms with Crippen LogP contribution in [0.5, 0.6) is 0 Å². The Morgan fingerprint density at radius 1 is 1.50 bits per heavy atom. The molecule has 0 aromatic rings. The highest BCUT2D eigenvalue weighted by Crippen LogP contribution is 2.25. The molecular formula is C10H17F3N2O. The predicted octanol–water partition coefficient (Wildman–Crippen LogP) is 1.38. The minimum atomic E-state index is -4.42. The first-order valence-electron chi connectivity index (χ1n) is 5.38. The molecule has 3 nitrogen and oxygen atoms in total. The number of nitrogens with zero attached hydrogens (tertiary/aromatic N) is 1. The molecule has 1 aliphatic heterocycles. The molecule has 2 N–H and O–H groups in total. The summed E-state index contributed by atoms with van der Waals surface area (Å²) >= 11 is 0. The van der Waals surface area contributed by atoms with Crippen LogP contribution in [-0.2, 0) is 4.79 Å². The van der Waals surface area contributed by atoms with Crippen molar-refractivity contribution in [2.45, 2.75) is 25.9 Å². The highest BCUT2D eigenvalue weighted by Gasteiger charge is 2.35. The Bertz CT molecular complexity index is 255. The van der Waals surface area contributed by atoms with E-state index in [1.165, 1.54) is 4.90 Å². The molecule has 0 radical (unpaired) electrons. The summed E-state index contributed by atoms with van der Waals surface area (Å²) in [5.41, 5.74) is 5.52. The van der Waals surface area contributed by atoms with Gasteiger partial charge in [0.1, 0.15) is 6.42 Å². The number of alkyl halides is 3. The molecule has 2 unspecified atom stereocenters. The number of carbonyl (C=O) groups is 1. The molecule has 0 spiro atoms. The average Bonchev–Trinajstić information content (AvgIpc) is 2.15. The number of halogens is 3. The van der Waals surface area contributed by atoms with Gasteiger partial charge < -0.3 is 10.6 Å². The van der Waals surface area contributed by atoms with E-state index in [1.807, 2.05) is 6.92 Å². The van der Waals surface area contributed by atoms with Gasteiger partial charge in [-0.2, -0.15) is 13.2 Å². The molecule has 0 aromatic heterocycles. The Morgan fingerprint density at radius 2 is 2.12 bits per heavy atom. The molecule has 0 saturated carbocycles. The summed E-state index contributed by atoms with van der Waals surface area (Å²) in [6, 6.07) is 0. The Hall–Kier alpha value is -0.780. The van der Waals surface area contributed by atoms with Gasteiger partial charge in [0.15, 0.2) is 0 Å². The summed E-state index contributed by atoms with van der Waals surface area (Å²) in [6.45, 7) is 3.19. The lowest BCUT2D eigenvalue weighted by atomic mass is 9.87. The molecule has 1 saturated heterocycles. The molecular weight excluding hydrogens is 221 g/mol. The third-order valence-electron chi connectivity index (χ3n) is 3.12. The predicted molar refractivity (Wildman–Crippen MR) is 53.6 cm³/mol. The Morgan fingerprint density at radius 3 is 2.62 bits per heavy atom. The number of amides is 1. The topological polar surface area (TPSA) is 46.3 Å². The molecule has 1 heterocycles. The van der Waals surface area contributed by atoms with Gasteiger partial charge in [-0.15, -0.1) is 0 Å². The molecule has 94 valence electrons. The minimum Gasteiger partial charge on any atom is -0.342 e. The summed E-state index contributed by atoms with van der Waals surface area (Å²) < 4.78 is 36.1. The number of hydrogen-bond acceptors (Lipinski definition) is 2. The minimum absolute atomic E-state index is 0.117. The third kappa shape index (κ3) is 3.66. The summed E-state index contributed by atoms with van der Waals surface area (Å²) in [4.78, 5) is 12.6. The van der Waals surface area contributed by atoms with Crippen LogP contribution in [0.25, 0.3) is 0 Å². The molecule has 6 heteroatoms. The van der Waals surface area contributed by atoms with E-state index >= 15 is 0 Å². The van der Waals surface area contributed by atoms with Gasteiger partial charge in [-0.1, -0.05) is 6.92 Å². The monoisotopic (exact) mass is 238 g/mol. The SMILES string of the molecule is CC1CCN(C(=O)CC(F)(F)F)CC1CN. The number of likely N-dealkylation sites (tertiary alicyclic amines) is 1. The summed E-state index contributed by atoms with van der Waals surface area (Å²) in [7, 11) is 0. The van der Waals surface area contributed by atoms with Gasteiger partial charge in [-0.3, -0.25) is 4.79 Å². The Kier molecular flexibility index (Phi) is 4.18. The fourth-order valence-corrected chi connectivity index (χ4v) is 1.97. The van der Waals surface area contributed by atoms with Crippen LogP contribution >= 0.6 is 0 Å². The van der Waals surface area contributed by atoms with Crippen molar-refractivity contribution in [1.29, 1.82) is 0 Å². The Balaban J connectivity index is 2.52. The van der Waals surface area contributed by atoms with Gasteiger partial charge in [0, 0.05) is 13.1 Å². The third-order valence-corrected chi connectivity index (χ3v) is 3.12. The number of hydrogen-bond donors (Lipinski definition) is 1. The lowest BCUT2D eigenvalue weighted by molar-refractivity contribution is -0.163. The van der Waals surface area contributed by atoms with Crippen LogP contribution in [0.4, 0.5) is 13.2 Å². The quantitative estimate of drug-likeness (QED) is 0.790. The first-order valence-corrected chi connectivity index (χ1v) is 5.38. The number of nitrogens with two attached hydrogens (primary N) is 1. The second-order valence-electron chi connectivity index (χ2n) is 4.39. The van der Waals surface area contributed by atoms with E-state index in [1.54, 1.807) is 0 Å². The van der Waals surface area contributed by atoms with Crippen molar-refractivity contribution in [2.24, 2.45) is 17.6 Å². The molecule has 1 fully saturated rings. The van der Waals surface area contributed by atoms with Crippen molar-refractivity contribution >= 4 is 5.91 Å². The van der Waals surface area contributed by atoms with Crippen molar-refractivity contribution < 1.29 is 18.0 Å². The van der Waals surface area contributed by atoms with Crippen LogP contribution in [-0.4, -0.2) is 36.6 Å². The van der Waals surface area contributed by atoms with Crippen LogP contribution in [0.15, 0.2) is 0 Å². The fourth-order valence-electron chi connectivity index (χ4n) is 1.97. The van der Waals surface area contributed by atoms with Crippen molar-refractivity contribution in [3.63, 3.8) is 0 Å². The molecule has 0 aliphatic carbocycles. The first-order chi connectivity index (χ1) is 7.33. The van der Waals surface area contributed by atoms with Crippen molar-refractivity contribution in [2.75, 3.05) is 19.6 Å². The standard InChI is InChI=1S/C10H17F3N2O/c1-7-2-3-15(6-8(7)5-14)9(16)4-10(11,12)13/h7-8H,2-6,14H2,1H3. The molecule has 0 aromatic carbocycles. The molecule has 0 bridgehead atoms. The highest BCUT2D eigenvalue weighted by atomic mass is 19.4. The number of rotatable bonds is 2. The van der Waals surface area contributed by atoms with Gasteiger partial charge >= 0.3 is 6.18 Å². The van der Waals surface area contributed by atoms with Gasteiger partial charge in [0.05, 0.1) is 0 Å². The maximum Gasteiger partial charge on any atom is 0.397 e. The average molecular weight is 238 g/mol. The largest absolute Gasteiger partial charge is 0.397 e. The van der Waals surface area contributed by atoms with Crippen LogP contribution < -0.4 is 5.73 Å². The van der Waals surface area contributed by atoms with Gasteiger partial charge in [-0.05, 0) is 24.8 Å². The Labute approximate surface area is 92.8 Å². The fraction of sp³-hybridized carbons (Fsp3) is 0.900. The zero-order chi connectivity index (χ0) is 12.3. The number of carbonyl (C=O) groups excluding carboxylic acids is 1. The van der Waals surface area contributed by atoms with Crippen molar-refractivity contribution in [1.82, 2.24) is 4.90 Å². The molecule has 1 rings (SSSR count). The van der Waals surface area contributed by atoms with E-state index < -0.39 is 18.5 Å². The second-order valence-corrected chi connectivity index (χ2v) is 4.39. The summed E-state index contributed by atoms with van der Waals surface area (Å²) in [5.74, 6) is -0.344. The summed E-state index contributed by atoms with van der Waals surface area (Å²) in [5, 5.41) is 0. The lowest BCUT2D eigenvalue weighted by Gasteiger charge is -2.36. The summed E-state index contributed by atoms with van der Waals surface area (Å²) in [6.07, 6.45) is -5.05. The van der Waals surface area contributed by atoms with E-state index in [4.69, 9.17) is 5.73 Å². The van der Waals surface area contributed by atoms with E-state index in [9.17, 15) is 18.0 Å². The normalized spacial score (nSPS) is 26.9. The second kappa shape index (κ2) is 5.03. The van der Waals surface area contributed by atoms with Crippen LogP contribution in [0.3, 0.4) is 0 Å². The smallest absolute Gasteiger partial charge is 0.342 e. The first kappa shape index (κ1) is 13.3. The maximum atomic E-state index is 12.0. The van der Waals surface area contributed by atoms with E-state index in [0.717, 1.165) is 6.42 Å². The molecule has 1 aliphatic rings. The van der Waals surface area contributed by atoms with E-state index in [2.05, 4.69) is 0 Å². The molecule has 16 heavy (non-hydrogen) atoms. The van der Waals surface area contributed by atoms with Crippen molar-refractivity contribution in [3.8, 4) is 0 Å². The van der Waals surface area contributed by atoms with Crippen LogP contribution in [0, 0.1) is 11.8 Å². The zero-order valence-electron chi connectivity index (χ0n) is 9.26. The van der Waals surface area contributed by atoms with Crippen LogP contribution in [0.1, 0.15) is 19.8 Å². The van der Waals surface area contributed by atoms with Gasteiger partial charge in [0.2, 0.25) is 5.91 Å². The lowest BCUT2D eigenvalue weighted by Crippen LogP contribution is -2.46. The molecule has 2 atom stereocenters.